The Hall–Kier alpha value is -1.58. The Balaban J connectivity index is 1.97. The van der Waals surface area contributed by atoms with Crippen molar-refractivity contribution >= 4 is 44.0 Å². The SMILES string of the molecule is CC(C)c1ccccc1Nc1nc2ccc(Cl)cc2s1. The quantitative estimate of drug-likeness (QED) is 0.659. The van der Waals surface area contributed by atoms with E-state index in [1.165, 1.54) is 5.56 Å². The average Bonchev–Trinajstić information content (AvgIpc) is 2.80. The summed E-state index contributed by atoms with van der Waals surface area (Å²) >= 11 is 7.63. The molecule has 0 saturated carbocycles. The van der Waals surface area contributed by atoms with Crippen molar-refractivity contribution in [2.75, 3.05) is 5.32 Å². The molecular weight excluding hydrogens is 288 g/mol. The topological polar surface area (TPSA) is 24.9 Å². The Morgan fingerprint density at radius 3 is 2.75 bits per heavy atom. The molecule has 0 amide bonds. The van der Waals surface area contributed by atoms with Gasteiger partial charge in [0.2, 0.25) is 0 Å². The van der Waals surface area contributed by atoms with E-state index in [1.807, 2.05) is 24.3 Å². The first kappa shape index (κ1) is 13.4. The Kier molecular flexibility index (Phi) is 3.64. The van der Waals surface area contributed by atoms with Crippen LogP contribution in [0.25, 0.3) is 10.2 Å². The molecule has 20 heavy (non-hydrogen) atoms. The first-order valence-electron chi connectivity index (χ1n) is 6.55. The van der Waals surface area contributed by atoms with E-state index in [0.717, 1.165) is 26.1 Å². The predicted octanol–water partition coefficient (Wildman–Crippen LogP) is 5.82. The van der Waals surface area contributed by atoms with Crippen molar-refractivity contribution in [2.45, 2.75) is 19.8 Å². The summed E-state index contributed by atoms with van der Waals surface area (Å²) in [6, 6.07) is 14.1. The molecule has 0 aliphatic rings. The average molecular weight is 303 g/mol. The summed E-state index contributed by atoms with van der Waals surface area (Å²) in [6.07, 6.45) is 0. The number of rotatable bonds is 3. The van der Waals surface area contributed by atoms with Crippen molar-refractivity contribution in [2.24, 2.45) is 0 Å². The number of nitrogens with one attached hydrogen (secondary N) is 1. The molecule has 0 spiro atoms. The Labute approximate surface area is 127 Å². The van der Waals surface area contributed by atoms with E-state index in [1.54, 1.807) is 11.3 Å². The molecule has 0 fully saturated rings. The van der Waals surface area contributed by atoms with Gasteiger partial charge in [0, 0.05) is 10.7 Å². The second-order valence-electron chi connectivity index (χ2n) is 5.00. The third kappa shape index (κ3) is 2.65. The summed E-state index contributed by atoms with van der Waals surface area (Å²) in [6.45, 7) is 4.39. The highest BCUT2D eigenvalue weighted by molar-refractivity contribution is 7.22. The number of halogens is 1. The third-order valence-electron chi connectivity index (χ3n) is 3.17. The molecule has 0 aliphatic heterocycles. The number of anilines is 2. The van der Waals surface area contributed by atoms with Crippen LogP contribution in [0.1, 0.15) is 25.3 Å². The van der Waals surface area contributed by atoms with E-state index in [2.05, 4.69) is 42.3 Å². The van der Waals surface area contributed by atoms with Gasteiger partial charge in [0.15, 0.2) is 5.13 Å². The van der Waals surface area contributed by atoms with Crippen LogP contribution in [0.3, 0.4) is 0 Å². The highest BCUT2D eigenvalue weighted by Gasteiger charge is 2.09. The van der Waals surface area contributed by atoms with Crippen molar-refractivity contribution < 1.29 is 0 Å². The highest BCUT2D eigenvalue weighted by Crippen LogP contribution is 2.32. The van der Waals surface area contributed by atoms with Crippen LogP contribution in [-0.2, 0) is 0 Å². The number of aromatic nitrogens is 1. The third-order valence-corrected chi connectivity index (χ3v) is 4.34. The first-order valence-corrected chi connectivity index (χ1v) is 7.75. The zero-order valence-electron chi connectivity index (χ0n) is 11.4. The molecule has 102 valence electrons. The van der Waals surface area contributed by atoms with Crippen LogP contribution in [0.2, 0.25) is 5.02 Å². The summed E-state index contributed by atoms with van der Waals surface area (Å²) in [5.74, 6) is 0.475. The van der Waals surface area contributed by atoms with Crippen LogP contribution in [-0.4, -0.2) is 4.98 Å². The number of hydrogen-bond acceptors (Lipinski definition) is 3. The summed E-state index contributed by atoms with van der Waals surface area (Å²) in [5.41, 5.74) is 3.39. The van der Waals surface area contributed by atoms with E-state index in [9.17, 15) is 0 Å². The monoisotopic (exact) mass is 302 g/mol. The summed E-state index contributed by atoms with van der Waals surface area (Å²) in [4.78, 5) is 4.60. The van der Waals surface area contributed by atoms with E-state index in [-0.39, 0.29) is 0 Å². The first-order chi connectivity index (χ1) is 9.63. The lowest BCUT2D eigenvalue weighted by atomic mass is 10.0. The van der Waals surface area contributed by atoms with E-state index in [4.69, 9.17) is 11.6 Å². The number of para-hydroxylation sites is 1. The smallest absolute Gasteiger partial charge is 0.188 e. The largest absolute Gasteiger partial charge is 0.331 e. The zero-order valence-corrected chi connectivity index (χ0v) is 12.9. The number of benzene rings is 2. The molecule has 1 aromatic heterocycles. The van der Waals surface area contributed by atoms with Gasteiger partial charge in [-0.3, -0.25) is 0 Å². The number of thiazole rings is 1. The maximum Gasteiger partial charge on any atom is 0.188 e. The molecule has 2 nitrogen and oxygen atoms in total. The number of fused-ring (bicyclic) bond motifs is 1. The standard InChI is InChI=1S/C16H15ClN2S/c1-10(2)12-5-3-4-6-13(12)18-16-19-14-8-7-11(17)9-15(14)20-16/h3-10H,1-2H3,(H,18,19). The van der Waals surface area contributed by atoms with Gasteiger partial charge >= 0.3 is 0 Å². The van der Waals surface area contributed by atoms with Gasteiger partial charge < -0.3 is 5.32 Å². The van der Waals surface area contributed by atoms with Crippen molar-refractivity contribution in [1.29, 1.82) is 0 Å². The molecular formula is C16H15ClN2S. The highest BCUT2D eigenvalue weighted by atomic mass is 35.5. The molecule has 2 aromatic carbocycles. The number of hydrogen-bond donors (Lipinski definition) is 1. The Morgan fingerprint density at radius 1 is 1.15 bits per heavy atom. The van der Waals surface area contributed by atoms with Gasteiger partial charge in [-0.25, -0.2) is 4.98 Å². The van der Waals surface area contributed by atoms with Gasteiger partial charge in [0.05, 0.1) is 10.2 Å². The minimum atomic E-state index is 0.475. The minimum Gasteiger partial charge on any atom is -0.331 e. The van der Waals surface area contributed by atoms with E-state index in [0.29, 0.717) is 5.92 Å². The molecule has 0 radical (unpaired) electrons. The van der Waals surface area contributed by atoms with Gasteiger partial charge in [-0.1, -0.05) is 55.0 Å². The zero-order chi connectivity index (χ0) is 14.1. The Bertz CT molecular complexity index is 749. The molecule has 3 aromatic rings. The second-order valence-corrected chi connectivity index (χ2v) is 6.47. The van der Waals surface area contributed by atoms with Gasteiger partial charge in [-0.05, 0) is 35.7 Å². The second kappa shape index (κ2) is 5.43. The van der Waals surface area contributed by atoms with Gasteiger partial charge in [-0.2, -0.15) is 0 Å². The molecule has 0 atom stereocenters. The lowest BCUT2D eigenvalue weighted by Crippen LogP contribution is -1.96. The molecule has 0 saturated heterocycles. The lowest BCUT2D eigenvalue weighted by molar-refractivity contribution is 0.869. The molecule has 3 rings (SSSR count). The number of nitrogens with zero attached hydrogens (tertiary/aromatic N) is 1. The molecule has 1 N–H and O–H groups in total. The molecule has 0 bridgehead atoms. The van der Waals surface area contributed by atoms with E-state index >= 15 is 0 Å². The molecule has 1 heterocycles. The molecule has 0 unspecified atom stereocenters. The van der Waals surface area contributed by atoms with Crippen LogP contribution < -0.4 is 5.32 Å². The van der Waals surface area contributed by atoms with Crippen molar-refractivity contribution in [1.82, 2.24) is 4.98 Å². The van der Waals surface area contributed by atoms with Crippen molar-refractivity contribution in [3.05, 3.63) is 53.1 Å². The fourth-order valence-electron chi connectivity index (χ4n) is 2.18. The van der Waals surface area contributed by atoms with Crippen LogP contribution >= 0.6 is 22.9 Å². The van der Waals surface area contributed by atoms with Crippen LogP contribution in [0.4, 0.5) is 10.8 Å². The van der Waals surface area contributed by atoms with Crippen LogP contribution in [0.5, 0.6) is 0 Å². The Morgan fingerprint density at radius 2 is 1.95 bits per heavy atom. The van der Waals surface area contributed by atoms with Gasteiger partial charge in [0.25, 0.3) is 0 Å². The summed E-state index contributed by atoms with van der Waals surface area (Å²) < 4.78 is 1.10. The van der Waals surface area contributed by atoms with E-state index < -0.39 is 0 Å². The maximum atomic E-state index is 6.01. The van der Waals surface area contributed by atoms with Crippen LogP contribution in [0.15, 0.2) is 42.5 Å². The van der Waals surface area contributed by atoms with Crippen LogP contribution in [0, 0.1) is 0 Å². The summed E-state index contributed by atoms with van der Waals surface area (Å²) in [7, 11) is 0. The fraction of sp³-hybridized carbons (Fsp3) is 0.188. The summed E-state index contributed by atoms with van der Waals surface area (Å²) in [5, 5.41) is 5.07. The van der Waals surface area contributed by atoms with Gasteiger partial charge in [-0.15, -0.1) is 0 Å². The fourth-order valence-corrected chi connectivity index (χ4v) is 3.34. The molecule has 0 aliphatic carbocycles. The predicted molar refractivity (Wildman–Crippen MR) is 88.4 cm³/mol. The van der Waals surface area contributed by atoms with Gasteiger partial charge in [0.1, 0.15) is 0 Å². The van der Waals surface area contributed by atoms with Crippen molar-refractivity contribution in [3.63, 3.8) is 0 Å². The van der Waals surface area contributed by atoms with Crippen molar-refractivity contribution in [3.8, 4) is 0 Å². The lowest BCUT2D eigenvalue weighted by Gasteiger charge is -2.12. The molecule has 4 heteroatoms. The normalized spacial score (nSPS) is 11.2. The maximum absolute atomic E-state index is 6.01. The minimum absolute atomic E-state index is 0.475.